The van der Waals surface area contributed by atoms with E-state index in [1.807, 2.05) is 30.3 Å². The van der Waals surface area contributed by atoms with Gasteiger partial charge in [0.05, 0.1) is 18.5 Å². The molecule has 200 valence electrons. The highest BCUT2D eigenvalue weighted by molar-refractivity contribution is 5.88. The predicted octanol–water partition coefficient (Wildman–Crippen LogP) is 8.48. The number of unbranched alkanes of at least 4 members (excludes halogenated alkanes) is 2. The van der Waals surface area contributed by atoms with Gasteiger partial charge < -0.3 is 9.47 Å². The van der Waals surface area contributed by atoms with Crippen LogP contribution in [0.1, 0.15) is 37.3 Å². The summed E-state index contributed by atoms with van der Waals surface area (Å²) in [6.07, 6.45) is 0.998. The Morgan fingerprint density at radius 1 is 0.842 bits per heavy atom. The van der Waals surface area contributed by atoms with Crippen molar-refractivity contribution in [3.05, 3.63) is 89.6 Å². The molecule has 0 aliphatic carbocycles. The summed E-state index contributed by atoms with van der Waals surface area (Å²) in [4.78, 5) is 4.48. The highest BCUT2D eigenvalue weighted by Crippen LogP contribution is 2.29. The minimum atomic E-state index is -4.55. The minimum absolute atomic E-state index is 0.299. The zero-order valence-corrected chi connectivity index (χ0v) is 21.0. The highest BCUT2D eigenvalue weighted by Gasteiger charge is 2.29. The van der Waals surface area contributed by atoms with Gasteiger partial charge in [-0.05, 0) is 66.1 Å². The zero-order chi connectivity index (χ0) is 27.1. The van der Waals surface area contributed by atoms with E-state index in [0.717, 1.165) is 48.0 Å². The Bertz CT molecular complexity index is 1370. The molecule has 4 rings (SSSR count). The molecule has 0 aliphatic rings. The molecule has 0 bridgehead atoms. The van der Waals surface area contributed by atoms with E-state index < -0.39 is 24.3 Å². The van der Waals surface area contributed by atoms with Gasteiger partial charge in [0.15, 0.2) is 18.2 Å². The van der Waals surface area contributed by atoms with Crippen LogP contribution in [0.2, 0.25) is 0 Å². The lowest BCUT2D eigenvalue weighted by Gasteiger charge is -2.11. The SMILES string of the molecule is CCCCCOc1ccc(-c2ccc3c(F)c(CCc4ccc(OCC(F)(F)F)c(F)c4)ccc3c2)nc1. The van der Waals surface area contributed by atoms with Gasteiger partial charge >= 0.3 is 6.18 Å². The van der Waals surface area contributed by atoms with Gasteiger partial charge in [0.25, 0.3) is 0 Å². The minimum Gasteiger partial charge on any atom is -0.492 e. The van der Waals surface area contributed by atoms with E-state index in [4.69, 9.17) is 4.74 Å². The van der Waals surface area contributed by atoms with Gasteiger partial charge in [-0.3, -0.25) is 4.98 Å². The summed E-state index contributed by atoms with van der Waals surface area (Å²) in [5.74, 6) is -1.00. The molecule has 0 aliphatic heterocycles. The van der Waals surface area contributed by atoms with Crippen molar-refractivity contribution < 1.29 is 31.4 Å². The number of benzene rings is 3. The first-order chi connectivity index (χ1) is 18.2. The predicted molar refractivity (Wildman–Crippen MR) is 138 cm³/mol. The lowest BCUT2D eigenvalue weighted by atomic mass is 9.98. The second-order valence-electron chi connectivity index (χ2n) is 9.08. The quantitative estimate of drug-likeness (QED) is 0.144. The van der Waals surface area contributed by atoms with Gasteiger partial charge in [-0.25, -0.2) is 8.78 Å². The first kappa shape index (κ1) is 27.4. The third kappa shape index (κ3) is 7.21. The van der Waals surface area contributed by atoms with Gasteiger partial charge in [-0.1, -0.05) is 50.1 Å². The Balaban J connectivity index is 1.41. The number of fused-ring (bicyclic) bond motifs is 1. The van der Waals surface area contributed by atoms with Crippen molar-refractivity contribution in [3.8, 4) is 22.8 Å². The van der Waals surface area contributed by atoms with Gasteiger partial charge in [-0.15, -0.1) is 0 Å². The molecule has 0 radical (unpaired) electrons. The van der Waals surface area contributed by atoms with Crippen molar-refractivity contribution in [1.29, 1.82) is 0 Å². The van der Waals surface area contributed by atoms with E-state index in [-0.39, 0.29) is 5.82 Å². The molecule has 0 saturated heterocycles. The molecule has 0 atom stereocenters. The van der Waals surface area contributed by atoms with Crippen molar-refractivity contribution in [2.45, 2.75) is 45.2 Å². The maximum atomic E-state index is 15.3. The van der Waals surface area contributed by atoms with Crippen LogP contribution in [0.3, 0.4) is 0 Å². The Hall–Kier alpha value is -3.68. The summed E-state index contributed by atoms with van der Waals surface area (Å²) in [6.45, 7) is 1.23. The van der Waals surface area contributed by atoms with Crippen molar-refractivity contribution in [2.24, 2.45) is 0 Å². The lowest BCUT2D eigenvalue weighted by Crippen LogP contribution is -2.19. The maximum absolute atomic E-state index is 15.3. The van der Waals surface area contributed by atoms with Crippen molar-refractivity contribution >= 4 is 10.8 Å². The zero-order valence-electron chi connectivity index (χ0n) is 21.0. The van der Waals surface area contributed by atoms with E-state index in [1.54, 1.807) is 18.3 Å². The fourth-order valence-electron chi connectivity index (χ4n) is 4.12. The first-order valence-corrected chi connectivity index (χ1v) is 12.5. The Kier molecular flexibility index (Phi) is 8.81. The largest absolute Gasteiger partial charge is 0.492 e. The number of nitrogens with zero attached hydrogens (tertiary/aromatic N) is 1. The van der Waals surface area contributed by atoms with Crippen LogP contribution in [0, 0.1) is 11.6 Å². The number of rotatable bonds is 11. The number of aromatic nitrogens is 1. The molecule has 0 amide bonds. The van der Waals surface area contributed by atoms with Crippen LogP contribution in [-0.2, 0) is 12.8 Å². The molecule has 3 nitrogen and oxygen atoms in total. The summed E-state index contributed by atoms with van der Waals surface area (Å²) in [7, 11) is 0. The highest BCUT2D eigenvalue weighted by atomic mass is 19.4. The molecule has 4 aromatic rings. The number of hydrogen-bond acceptors (Lipinski definition) is 3. The third-order valence-corrected chi connectivity index (χ3v) is 6.15. The summed E-state index contributed by atoms with van der Waals surface area (Å²) in [6, 6.07) is 16.4. The lowest BCUT2D eigenvalue weighted by molar-refractivity contribution is -0.153. The topological polar surface area (TPSA) is 31.4 Å². The molecule has 0 spiro atoms. The van der Waals surface area contributed by atoms with E-state index in [2.05, 4.69) is 16.6 Å². The molecule has 1 aromatic heterocycles. The summed E-state index contributed by atoms with van der Waals surface area (Å²) in [5.41, 5.74) is 2.60. The molecule has 1 heterocycles. The van der Waals surface area contributed by atoms with Crippen LogP contribution >= 0.6 is 0 Å². The van der Waals surface area contributed by atoms with Crippen LogP contribution in [0.15, 0.2) is 66.9 Å². The first-order valence-electron chi connectivity index (χ1n) is 12.5. The second kappa shape index (κ2) is 12.2. The molecule has 3 aromatic carbocycles. The van der Waals surface area contributed by atoms with Crippen molar-refractivity contribution in [2.75, 3.05) is 13.2 Å². The van der Waals surface area contributed by atoms with Gasteiger partial charge in [0.2, 0.25) is 0 Å². The fraction of sp³-hybridized carbons (Fsp3) is 0.300. The summed E-state index contributed by atoms with van der Waals surface area (Å²) in [5, 5.41) is 1.19. The van der Waals surface area contributed by atoms with E-state index in [9.17, 15) is 17.6 Å². The van der Waals surface area contributed by atoms with E-state index in [0.29, 0.717) is 41.7 Å². The monoisotopic (exact) mass is 529 g/mol. The molecule has 8 heteroatoms. The smallest absolute Gasteiger partial charge is 0.422 e. The Morgan fingerprint density at radius 3 is 2.39 bits per heavy atom. The van der Waals surface area contributed by atoms with Crippen LogP contribution in [0.5, 0.6) is 11.5 Å². The van der Waals surface area contributed by atoms with Crippen LogP contribution in [0.25, 0.3) is 22.0 Å². The normalized spacial score (nSPS) is 11.6. The number of ether oxygens (including phenoxy) is 2. The molecule has 0 fully saturated rings. The number of alkyl halides is 3. The van der Waals surface area contributed by atoms with Gasteiger partial charge in [-0.2, -0.15) is 13.2 Å². The second-order valence-corrected chi connectivity index (χ2v) is 9.08. The standard InChI is InChI=1S/C30H28F5NO2/c1-2-3-4-15-37-24-11-13-27(36-18-24)23-10-12-25-22(17-23)9-8-21(29(25)32)7-5-20-6-14-28(26(31)16-20)38-19-30(33,34)35/h6,8-14,16-18H,2-5,7,15,19H2,1H3. The summed E-state index contributed by atoms with van der Waals surface area (Å²) < 4.78 is 76.5. The molecular formula is C30H28F5NO2. The summed E-state index contributed by atoms with van der Waals surface area (Å²) >= 11 is 0. The number of pyridine rings is 1. The third-order valence-electron chi connectivity index (χ3n) is 6.15. The maximum Gasteiger partial charge on any atom is 0.422 e. The Morgan fingerprint density at radius 2 is 1.68 bits per heavy atom. The van der Waals surface area contributed by atoms with Crippen LogP contribution in [-0.4, -0.2) is 24.4 Å². The molecule has 38 heavy (non-hydrogen) atoms. The van der Waals surface area contributed by atoms with E-state index >= 15 is 4.39 Å². The van der Waals surface area contributed by atoms with Gasteiger partial charge in [0.1, 0.15) is 11.6 Å². The fourth-order valence-corrected chi connectivity index (χ4v) is 4.12. The number of aryl methyl sites for hydroxylation is 2. The molecule has 0 N–H and O–H groups in total. The number of hydrogen-bond donors (Lipinski definition) is 0. The van der Waals surface area contributed by atoms with Crippen LogP contribution in [0.4, 0.5) is 22.0 Å². The molecular weight excluding hydrogens is 501 g/mol. The average Bonchev–Trinajstić information content (AvgIpc) is 2.90. The van der Waals surface area contributed by atoms with Crippen molar-refractivity contribution in [1.82, 2.24) is 4.98 Å². The Labute approximate surface area is 218 Å². The molecule has 0 saturated carbocycles. The van der Waals surface area contributed by atoms with Crippen LogP contribution < -0.4 is 9.47 Å². The van der Waals surface area contributed by atoms with E-state index in [1.165, 1.54) is 6.07 Å². The average molecular weight is 530 g/mol. The van der Waals surface area contributed by atoms with Gasteiger partial charge in [0, 0.05) is 10.9 Å². The van der Waals surface area contributed by atoms with Crippen molar-refractivity contribution in [3.63, 3.8) is 0 Å². The number of halogens is 5. The molecule has 0 unspecified atom stereocenters.